The molecule has 0 saturated heterocycles. The van der Waals surface area contributed by atoms with Crippen molar-refractivity contribution in [2.45, 2.75) is 31.6 Å². The fourth-order valence-corrected chi connectivity index (χ4v) is 2.18. The van der Waals surface area contributed by atoms with Gasteiger partial charge in [0.05, 0.1) is 5.75 Å². The highest BCUT2D eigenvalue weighted by Crippen LogP contribution is 2.21. The van der Waals surface area contributed by atoms with Gasteiger partial charge in [0.2, 0.25) is 5.91 Å². The fraction of sp³-hybridized carbons (Fsp3) is 0.462. The van der Waals surface area contributed by atoms with Crippen molar-refractivity contribution in [3.63, 3.8) is 0 Å². The van der Waals surface area contributed by atoms with Gasteiger partial charge in [0.1, 0.15) is 0 Å². The van der Waals surface area contributed by atoms with Crippen LogP contribution >= 0.6 is 11.8 Å². The summed E-state index contributed by atoms with van der Waals surface area (Å²) in [4.78, 5) is 12.7. The third-order valence-electron chi connectivity index (χ3n) is 2.30. The predicted molar refractivity (Wildman–Crippen MR) is 69.8 cm³/mol. The molecule has 0 unspecified atom stereocenters. The number of rotatable bonds is 6. The van der Waals surface area contributed by atoms with Crippen molar-refractivity contribution >= 4 is 17.7 Å². The van der Waals surface area contributed by atoms with E-state index < -0.39 is 0 Å². The molecule has 0 bridgehead atoms. The van der Waals surface area contributed by atoms with Crippen LogP contribution in [0.1, 0.15) is 25.3 Å². The highest BCUT2D eigenvalue weighted by molar-refractivity contribution is 8.00. The lowest BCUT2D eigenvalue weighted by atomic mass is 10.2. The summed E-state index contributed by atoms with van der Waals surface area (Å²) >= 11 is 1.60. The topological polar surface area (TPSA) is 29.1 Å². The minimum Gasteiger partial charge on any atom is -0.355 e. The summed E-state index contributed by atoms with van der Waals surface area (Å²) in [6.45, 7) is 4.98. The van der Waals surface area contributed by atoms with Crippen LogP contribution in [0, 0.1) is 6.92 Å². The lowest BCUT2D eigenvalue weighted by Crippen LogP contribution is -2.25. The zero-order valence-electron chi connectivity index (χ0n) is 9.95. The van der Waals surface area contributed by atoms with Gasteiger partial charge in [-0.15, -0.1) is 11.8 Å². The van der Waals surface area contributed by atoms with E-state index in [1.54, 1.807) is 11.8 Å². The first kappa shape index (κ1) is 13.1. The molecule has 0 aliphatic heterocycles. The van der Waals surface area contributed by atoms with E-state index in [4.69, 9.17) is 0 Å². The smallest absolute Gasteiger partial charge is 0.230 e. The van der Waals surface area contributed by atoms with Crippen molar-refractivity contribution in [3.05, 3.63) is 29.8 Å². The molecule has 0 heterocycles. The molecule has 0 aromatic heterocycles. The van der Waals surface area contributed by atoms with Crippen LogP contribution in [-0.4, -0.2) is 18.2 Å². The van der Waals surface area contributed by atoms with Crippen molar-refractivity contribution in [1.29, 1.82) is 0 Å². The molecular formula is C13H19NOS. The van der Waals surface area contributed by atoms with Crippen LogP contribution < -0.4 is 5.32 Å². The van der Waals surface area contributed by atoms with Gasteiger partial charge < -0.3 is 5.32 Å². The Hall–Kier alpha value is -0.960. The first-order chi connectivity index (χ1) is 7.74. The molecule has 0 radical (unpaired) electrons. The SMILES string of the molecule is CCCCNC(=O)CSc1ccccc1C. The van der Waals surface area contributed by atoms with Gasteiger partial charge in [-0.05, 0) is 25.0 Å². The maximum absolute atomic E-state index is 11.5. The molecule has 3 heteroatoms. The first-order valence-electron chi connectivity index (χ1n) is 5.69. The molecule has 1 aromatic rings. The van der Waals surface area contributed by atoms with E-state index in [0.717, 1.165) is 19.4 Å². The second-order valence-electron chi connectivity index (χ2n) is 3.76. The largest absolute Gasteiger partial charge is 0.355 e. The Kier molecular flexibility index (Phi) is 6.01. The molecule has 1 N–H and O–H groups in total. The van der Waals surface area contributed by atoms with Crippen LogP contribution in [0.4, 0.5) is 0 Å². The number of thioether (sulfide) groups is 1. The lowest BCUT2D eigenvalue weighted by Gasteiger charge is -2.06. The van der Waals surface area contributed by atoms with Gasteiger partial charge in [-0.1, -0.05) is 31.5 Å². The Morgan fingerprint density at radius 2 is 2.12 bits per heavy atom. The molecule has 1 aromatic carbocycles. The van der Waals surface area contributed by atoms with E-state index in [0.29, 0.717) is 5.75 Å². The van der Waals surface area contributed by atoms with Crippen LogP contribution in [0.5, 0.6) is 0 Å². The number of hydrogen-bond donors (Lipinski definition) is 1. The predicted octanol–water partition coefficient (Wildman–Crippen LogP) is 3.00. The second-order valence-corrected chi connectivity index (χ2v) is 4.77. The van der Waals surface area contributed by atoms with Crippen LogP contribution in [0.15, 0.2) is 29.2 Å². The second kappa shape index (κ2) is 7.34. The summed E-state index contributed by atoms with van der Waals surface area (Å²) in [6.07, 6.45) is 2.17. The van der Waals surface area contributed by atoms with E-state index in [1.807, 2.05) is 12.1 Å². The number of benzene rings is 1. The molecule has 16 heavy (non-hydrogen) atoms. The van der Waals surface area contributed by atoms with E-state index in [2.05, 4.69) is 31.3 Å². The highest BCUT2D eigenvalue weighted by Gasteiger charge is 2.03. The van der Waals surface area contributed by atoms with Crippen molar-refractivity contribution in [1.82, 2.24) is 5.32 Å². The summed E-state index contributed by atoms with van der Waals surface area (Å²) in [6, 6.07) is 8.14. The third-order valence-corrected chi connectivity index (χ3v) is 3.48. The number of amides is 1. The van der Waals surface area contributed by atoms with E-state index >= 15 is 0 Å². The molecule has 0 atom stereocenters. The summed E-state index contributed by atoms with van der Waals surface area (Å²) in [7, 11) is 0. The number of unbranched alkanes of at least 4 members (excludes halogenated alkanes) is 1. The van der Waals surface area contributed by atoms with Gasteiger partial charge in [-0.2, -0.15) is 0 Å². The third kappa shape index (κ3) is 4.71. The molecule has 1 rings (SSSR count). The van der Waals surface area contributed by atoms with Gasteiger partial charge in [-0.25, -0.2) is 0 Å². The Balaban J connectivity index is 2.29. The van der Waals surface area contributed by atoms with Gasteiger partial charge in [0.25, 0.3) is 0 Å². The monoisotopic (exact) mass is 237 g/mol. The number of carbonyl (C=O) groups excluding carboxylic acids is 1. The maximum atomic E-state index is 11.5. The summed E-state index contributed by atoms with van der Waals surface area (Å²) in [5.41, 5.74) is 1.23. The van der Waals surface area contributed by atoms with Crippen molar-refractivity contribution < 1.29 is 4.79 Å². The van der Waals surface area contributed by atoms with Crippen molar-refractivity contribution in [2.75, 3.05) is 12.3 Å². The molecule has 2 nitrogen and oxygen atoms in total. The molecular weight excluding hydrogens is 218 g/mol. The zero-order chi connectivity index (χ0) is 11.8. The minimum absolute atomic E-state index is 0.127. The molecule has 1 amide bonds. The van der Waals surface area contributed by atoms with E-state index in [-0.39, 0.29) is 5.91 Å². The number of hydrogen-bond acceptors (Lipinski definition) is 2. The van der Waals surface area contributed by atoms with Crippen LogP contribution in [0.25, 0.3) is 0 Å². The lowest BCUT2D eigenvalue weighted by molar-refractivity contribution is -0.118. The summed E-state index contributed by atoms with van der Waals surface area (Å²) < 4.78 is 0. The van der Waals surface area contributed by atoms with E-state index in [9.17, 15) is 4.79 Å². The Labute approximate surface area is 102 Å². The Morgan fingerprint density at radius 3 is 2.81 bits per heavy atom. The number of aryl methyl sites for hydroxylation is 1. The Morgan fingerprint density at radius 1 is 1.38 bits per heavy atom. The van der Waals surface area contributed by atoms with Gasteiger partial charge in [-0.3, -0.25) is 4.79 Å². The summed E-state index contributed by atoms with van der Waals surface area (Å²) in [5, 5.41) is 2.91. The number of carbonyl (C=O) groups is 1. The van der Waals surface area contributed by atoms with Gasteiger partial charge in [0.15, 0.2) is 0 Å². The average molecular weight is 237 g/mol. The normalized spacial score (nSPS) is 10.1. The van der Waals surface area contributed by atoms with Crippen molar-refractivity contribution in [2.24, 2.45) is 0 Å². The zero-order valence-corrected chi connectivity index (χ0v) is 10.8. The molecule has 0 spiro atoms. The fourth-order valence-electron chi connectivity index (χ4n) is 1.32. The molecule has 0 aliphatic rings. The standard InChI is InChI=1S/C13H19NOS/c1-3-4-9-14-13(15)10-16-12-8-6-5-7-11(12)2/h5-8H,3-4,9-10H2,1-2H3,(H,14,15). The van der Waals surface area contributed by atoms with Crippen LogP contribution in [0.3, 0.4) is 0 Å². The number of nitrogens with one attached hydrogen (secondary N) is 1. The highest BCUT2D eigenvalue weighted by atomic mass is 32.2. The van der Waals surface area contributed by atoms with Crippen LogP contribution in [0.2, 0.25) is 0 Å². The van der Waals surface area contributed by atoms with Crippen molar-refractivity contribution in [3.8, 4) is 0 Å². The minimum atomic E-state index is 0.127. The average Bonchev–Trinajstić information content (AvgIpc) is 2.28. The molecule has 0 aliphatic carbocycles. The summed E-state index contributed by atoms with van der Waals surface area (Å²) in [5.74, 6) is 0.635. The molecule has 0 saturated carbocycles. The van der Waals surface area contributed by atoms with Crippen LogP contribution in [-0.2, 0) is 4.79 Å². The molecule has 88 valence electrons. The maximum Gasteiger partial charge on any atom is 0.230 e. The van der Waals surface area contributed by atoms with E-state index in [1.165, 1.54) is 10.5 Å². The van der Waals surface area contributed by atoms with Gasteiger partial charge in [0, 0.05) is 11.4 Å². The van der Waals surface area contributed by atoms with Gasteiger partial charge >= 0.3 is 0 Å². The first-order valence-corrected chi connectivity index (χ1v) is 6.67. The molecule has 0 fully saturated rings. The Bertz CT molecular complexity index is 338. The quantitative estimate of drug-likeness (QED) is 0.608.